The first-order valence-corrected chi connectivity index (χ1v) is 9.97. The lowest BCUT2D eigenvalue weighted by Gasteiger charge is -2.38. The fourth-order valence-electron chi connectivity index (χ4n) is 4.02. The number of ether oxygens (including phenoxy) is 1. The van der Waals surface area contributed by atoms with Gasteiger partial charge >= 0.3 is 0 Å². The van der Waals surface area contributed by atoms with Crippen molar-refractivity contribution < 1.29 is 4.74 Å². The Morgan fingerprint density at radius 3 is 2.50 bits per heavy atom. The standard InChI is InChI=1S/C14H19NO.C8H12N2/c1-4-9-15-13(5-1)12-6-10-16-14(11-12)7-2-3-8-14;1-2-9-7-8-5-3-4-6-10-8/h1,4-5,9,12H,2-3,6-8,10-11H2;3-6,9H,2,7H2,1H3. The molecule has 1 aliphatic heterocycles. The Balaban J connectivity index is 0.000000170. The molecule has 4 nitrogen and oxygen atoms in total. The summed E-state index contributed by atoms with van der Waals surface area (Å²) in [6.45, 7) is 4.87. The molecular formula is C22H31N3O. The molecule has 1 spiro atoms. The van der Waals surface area contributed by atoms with Crippen molar-refractivity contribution >= 4 is 0 Å². The second-order valence-electron chi connectivity index (χ2n) is 7.28. The predicted molar refractivity (Wildman–Crippen MR) is 105 cm³/mol. The van der Waals surface area contributed by atoms with Crippen LogP contribution in [0.15, 0.2) is 48.8 Å². The van der Waals surface area contributed by atoms with Crippen LogP contribution in [-0.4, -0.2) is 28.7 Å². The van der Waals surface area contributed by atoms with E-state index >= 15 is 0 Å². The second-order valence-corrected chi connectivity index (χ2v) is 7.28. The van der Waals surface area contributed by atoms with Crippen molar-refractivity contribution in [1.82, 2.24) is 15.3 Å². The third kappa shape index (κ3) is 5.36. The molecule has 2 aliphatic rings. The molecule has 0 aromatic carbocycles. The molecule has 1 saturated heterocycles. The van der Waals surface area contributed by atoms with Crippen molar-refractivity contribution in [3.8, 4) is 0 Å². The average Bonchev–Trinajstić information content (AvgIpc) is 3.16. The highest BCUT2D eigenvalue weighted by Crippen LogP contribution is 2.44. The summed E-state index contributed by atoms with van der Waals surface area (Å²) in [5, 5.41) is 3.20. The normalized spacial score (nSPS) is 21.2. The third-order valence-corrected chi connectivity index (χ3v) is 5.40. The minimum Gasteiger partial charge on any atom is -0.375 e. The van der Waals surface area contributed by atoms with Crippen molar-refractivity contribution in [2.24, 2.45) is 0 Å². The smallest absolute Gasteiger partial charge is 0.0689 e. The van der Waals surface area contributed by atoms with Crippen LogP contribution in [0.4, 0.5) is 0 Å². The van der Waals surface area contributed by atoms with Gasteiger partial charge < -0.3 is 10.1 Å². The first-order chi connectivity index (χ1) is 12.8. The average molecular weight is 354 g/mol. The van der Waals surface area contributed by atoms with Gasteiger partial charge in [0.1, 0.15) is 0 Å². The minimum absolute atomic E-state index is 0.209. The van der Waals surface area contributed by atoms with Crippen molar-refractivity contribution in [1.29, 1.82) is 0 Å². The van der Waals surface area contributed by atoms with E-state index in [2.05, 4.69) is 34.3 Å². The molecule has 140 valence electrons. The van der Waals surface area contributed by atoms with Crippen molar-refractivity contribution in [3.63, 3.8) is 0 Å². The van der Waals surface area contributed by atoms with Crippen LogP contribution in [0.1, 0.15) is 62.8 Å². The number of aromatic nitrogens is 2. The predicted octanol–water partition coefficient (Wildman–Crippen LogP) is 4.48. The monoisotopic (exact) mass is 353 g/mol. The van der Waals surface area contributed by atoms with E-state index in [1.165, 1.54) is 37.8 Å². The van der Waals surface area contributed by atoms with Gasteiger partial charge in [0, 0.05) is 37.2 Å². The summed E-state index contributed by atoms with van der Waals surface area (Å²) < 4.78 is 6.05. The molecule has 3 heterocycles. The molecule has 4 heteroatoms. The molecule has 0 amide bonds. The molecule has 0 radical (unpaired) electrons. The fraction of sp³-hybridized carbons (Fsp3) is 0.545. The quantitative estimate of drug-likeness (QED) is 0.880. The maximum Gasteiger partial charge on any atom is 0.0689 e. The first-order valence-electron chi connectivity index (χ1n) is 9.97. The highest BCUT2D eigenvalue weighted by atomic mass is 16.5. The van der Waals surface area contributed by atoms with Gasteiger partial charge in [-0.15, -0.1) is 0 Å². The van der Waals surface area contributed by atoms with Gasteiger partial charge in [-0.05, 0) is 56.5 Å². The summed E-state index contributed by atoms with van der Waals surface area (Å²) in [5.41, 5.74) is 2.57. The Morgan fingerprint density at radius 1 is 1.08 bits per heavy atom. The van der Waals surface area contributed by atoms with Crippen molar-refractivity contribution in [2.75, 3.05) is 13.2 Å². The molecule has 1 N–H and O–H groups in total. The number of nitrogens with one attached hydrogen (secondary N) is 1. The van der Waals surface area contributed by atoms with Gasteiger partial charge in [0.05, 0.1) is 11.3 Å². The number of pyridine rings is 2. The summed E-state index contributed by atoms with van der Waals surface area (Å²) in [6, 6.07) is 12.2. The highest BCUT2D eigenvalue weighted by Gasteiger charge is 2.40. The summed E-state index contributed by atoms with van der Waals surface area (Å²) >= 11 is 0. The largest absolute Gasteiger partial charge is 0.375 e. The zero-order chi connectivity index (χ0) is 18.1. The van der Waals surface area contributed by atoms with Crippen LogP contribution in [0.3, 0.4) is 0 Å². The van der Waals surface area contributed by atoms with E-state index in [1.807, 2.05) is 36.7 Å². The lowest BCUT2D eigenvalue weighted by molar-refractivity contribution is -0.0809. The van der Waals surface area contributed by atoms with E-state index in [9.17, 15) is 0 Å². The second kappa shape index (κ2) is 9.79. The molecule has 1 unspecified atom stereocenters. The molecule has 0 bridgehead atoms. The molecule has 2 aromatic heterocycles. The Bertz CT molecular complexity index is 626. The minimum atomic E-state index is 0.209. The Labute approximate surface area is 157 Å². The molecular weight excluding hydrogens is 322 g/mol. The van der Waals surface area contributed by atoms with Crippen LogP contribution in [0, 0.1) is 0 Å². The fourth-order valence-corrected chi connectivity index (χ4v) is 4.02. The summed E-state index contributed by atoms with van der Waals surface area (Å²) in [7, 11) is 0. The Kier molecular flexibility index (Phi) is 7.15. The molecule has 1 saturated carbocycles. The molecule has 2 aromatic rings. The van der Waals surface area contributed by atoms with Gasteiger partial charge in [-0.3, -0.25) is 9.97 Å². The van der Waals surface area contributed by atoms with Crippen molar-refractivity contribution in [3.05, 3.63) is 60.2 Å². The van der Waals surface area contributed by atoms with E-state index in [-0.39, 0.29) is 5.60 Å². The molecule has 2 fully saturated rings. The SMILES string of the molecule is CCNCc1ccccn1.c1ccc(C2CCOC3(CCCC3)C2)nc1. The summed E-state index contributed by atoms with van der Waals surface area (Å²) in [4.78, 5) is 8.66. The van der Waals surface area contributed by atoms with Gasteiger partial charge in [-0.1, -0.05) is 31.9 Å². The van der Waals surface area contributed by atoms with Gasteiger partial charge in [0.15, 0.2) is 0 Å². The number of rotatable bonds is 4. The van der Waals surface area contributed by atoms with Gasteiger partial charge in [-0.25, -0.2) is 0 Å². The van der Waals surface area contributed by atoms with Crippen LogP contribution in [0.2, 0.25) is 0 Å². The Hall–Kier alpha value is -1.78. The van der Waals surface area contributed by atoms with E-state index in [0.29, 0.717) is 5.92 Å². The zero-order valence-electron chi connectivity index (χ0n) is 15.9. The topological polar surface area (TPSA) is 47.0 Å². The molecule has 1 atom stereocenters. The van der Waals surface area contributed by atoms with E-state index in [0.717, 1.165) is 31.8 Å². The lowest BCUT2D eigenvalue weighted by Crippen LogP contribution is -2.36. The van der Waals surface area contributed by atoms with Gasteiger partial charge in [0.2, 0.25) is 0 Å². The summed E-state index contributed by atoms with van der Waals surface area (Å²) in [6.07, 6.45) is 11.2. The van der Waals surface area contributed by atoms with Crippen LogP contribution in [0.5, 0.6) is 0 Å². The first kappa shape index (κ1) is 19.0. The van der Waals surface area contributed by atoms with E-state index in [1.54, 1.807) is 0 Å². The zero-order valence-corrected chi connectivity index (χ0v) is 15.9. The molecule has 4 rings (SSSR count). The Morgan fingerprint density at radius 2 is 1.85 bits per heavy atom. The third-order valence-electron chi connectivity index (χ3n) is 5.40. The van der Waals surface area contributed by atoms with Crippen LogP contribution in [0.25, 0.3) is 0 Å². The number of hydrogen-bond donors (Lipinski definition) is 1. The van der Waals surface area contributed by atoms with Crippen LogP contribution in [-0.2, 0) is 11.3 Å². The van der Waals surface area contributed by atoms with Crippen LogP contribution >= 0.6 is 0 Å². The lowest BCUT2D eigenvalue weighted by atomic mass is 9.83. The molecule has 1 aliphatic carbocycles. The summed E-state index contributed by atoms with van der Waals surface area (Å²) in [5.74, 6) is 0.619. The maximum absolute atomic E-state index is 6.05. The van der Waals surface area contributed by atoms with Crippen molar-refractivity contribution in [2.45, 2.75) is 63.5 Å². The number of nitrogens with zero attached hydrogens (tertiary/aromatic N) is 2. The maximum atomic E-state index is 6.05. The van der Waals surface area contributed by atoms with Gasteiger partial charge in [-0.2, -0.15) is 0 Å². The van der Waals surface area contributed by atoms with Gasteiger partial charge in [0.25, 0.3) is 0 Å². The van der Waals surface area contributed by atoms with Crippen LogP contribution < -0.4 is 5.32 Å². The number of hydrogen-bond acceptors (Lipinski definition) is 4. The molecule has 26 heavy (non-hydrogen) atoms. The van der Waals surface area contributed by atoms with E-state index in [4.69, 9.17) is 4.74 Å². The van der Waals surface area contributed by atoms with E-state index < -0.39 is 0 Å². The highest BCUT2D eigenvalue weighted by molar-refractivity contribution is 5.12.